The van der Waals surface area contributed by atoms with E-state index in [0.717, 1.165) is 29.7 Å². The lowest BCUT2D eigenvalue weighted by Gasteiger charge is -2.23. The molecule has 1 unspecified atom stereocenters. The Balaban J connectivity index is 2.83. The van der Waals surface area contributed by atoms with Gasteiger partial charge in [-0.2, -0.15) is 5.10 Å². The maximum Gasteiger partial charge on any atom is 0.0973 e. The minimum Gasteiger partial charge on any atom is -0.387 e. The number of likely N-dealkylation sites (N-methyl/N-ethyl adjacent to an activating group) is 1. The van der Waals surface area contributed by atoms with E-state index in [4.69, 9.17) is 0 Å². The van der Waals surface area contributed by atoms with Gasteiger partial charge in [-0.15, -0.1) is 0 Å². The fourth-order valence-corrected chi connectivity index (χ4v) is 2.41. The van der Waals surface area contributed by atoms with Gasteiger partial charge in [0.25, 0.3) is 0 Å². The standard InChI is InChI=1S/C13H24BrN3O/c1-13(2,3)8-11(18)12-10(14)9-15-17(12)7-6-16(4)5/h9,11,18H,6-8H2,1-5H3. The molecule has 1 N–H and O–H groups in total. The van der Waals surface area contributed by atoms with Crippen molar-refractivity contribution in [3.8, 4) is 0 Å². The van der Waals surface area contributed by atoms with Gasteiger partial charge in [-0.05, 0) is 41.9 Å². The Labute approximate surface area is 118 Å². The molecule has 0 fully saturated rings. The van der Waals surface area contributed by atoms with Gasteiger partial charge in [-0.3, -0.25) is 4.68 Å². The van der Waals surface area contributed by atoms with Crippen molar-refractivity contribution in [2.75, 3.05) is 20.6 Å². The summed E-state index contributed by atoms with van der Waals surface area (Å²) in [7, 11) is 4.06. The largest absolute Gasteiger partial charge is 0.387 e. The molecule has 18 heavy (non-hydrogen) atoms. The van der Waals surface area contributed by atoms with Gasteiger partial charge in [-0.25, -0.2) is 0 Å². The van der Waals surface area contributed by atoms with E-state index in [2.05, 4.69) is 46.7 Å². The molecule has 4 nitrogen and oxygen atoms in total. The molecule has 104 valence electrons. The molecule has 0 saturated carbocycles. The number of hydrogen-bond acceptors (Lipinski definition) is 3. The quantitative estimate of drug-likeness (QED) is 0.907. The molecule has 1 aromatic rings. The van der Waals surface area contributed by atoms with Crippen molar-refractivity contribution in [2.24, 2.45) is 5.41 Å². The van der Waals surface area contributed by atoms with Crippen molar-refractivity contribution >= 4 is 15.9 Å². The first-order valence-electron chi connectivity index (χ1n) is 6.25. The third-order valence-corrected chi connectivity index (χ3v) is 3.32. The second-order valence-corrected chi connectivity index (χ2v) is 7.04. The first-order chi connectivity index (χ1) is 8.20. The summed E-state index contributed by atoms with van der Waals surface area (Å²) in [5, 5.41) is 14.7. The lowest BCUT2D eigenvalue weighted by atomic mass is 9.88. The zero-order chi connectivity index (χ0) is 13.9. The van der Waals surface area contributed by atoms with Crippen LogP contribution in [-0.4, -0.2) is 40.4 Å². The maximum absolute atomic E-state index is 10.4. The minimum atomic E-state index is -0.482. The molecule has 0 spiro atoms. The Morgan fingerprint density at radius 1 is 1.44 bits per heavy atom. The predicted molar refractivity (Wildman–Crippen MR) is 77.5 cm³/mol. The summed E-state index contributed by atoms with van der Waals surface area (Å²) >= 11 is 3.48. The Kier molecular flexibility index (Phi) is 5.37. The molecule has 0 aliphatic carbocycles. The van der Waals surface area contributed by atoms with Crippen molar-refractivity contribution in [1.82, 2.24) is 14.7 Å². The Hall–Kier alpha value is -0.390. The molecule has 0 aromatic carbocycles. The summed E-state index contributed by atoms with van der Waals surface area (Å²) < 4.78 is 2.78. The molecule has 1 rings (SSSR count). The highest BCUT2D eigenvalue weighted by atomic mass is 79.9. The molecule has 0 amide bonds. The van der Waals surface area contributed by atoms with Crippen molar-refractivity contribution in [3.63, 3.8) is 0 Å². The van der Waals surface area contributed by atoms with E-state index in [-0.39, 0.29) is 5.41 Å². The summed E-state index contributed by atoms with van der Waals surface area (Å²) in [6.07, 6.45) is 2.00. The Morgan fingerprint density at radius 2 is 2.06 bits per heavy atom. The van der Waals surface area contributed by atoms with E-state index >= 15 is 0 Å². The second kappa shape index (κ2) is 6.17. The van der Waals surface area contributed by atoms with Crippen molar-refractivity contribution in [1.29, 1.82) is 0 Å². The van der Waals surface area contributed by atoms with Gasteiger partial charge in [0.1, 0.15) is 0 Å². The predicted octanol–water partition coefficient (Wildman–Crippen LogP) is 2.68. The lowest BCUT2D eigenvalue weighted by Crippen LogP contribution is -2.22. The van der Waals surface area contributed by atoms with E-state index in [1.54, 1.807) is 6.20 Å². The molecule has 0 bridgehead atoms. The fraction of sp³-hybridized carbons (Fsp3) is 0.769. The number of rotatable bonds is 5. The first-order valence-corrected chi connectivity index (χ1v) is 7.04. The SMILES string of the molecule is CN(C)CCn1ncc(Br)c1C(O)CC(C)(C)C. The van der Waals surface area contributed by atoms with E-state index in [9.17, 15) is 5.11 Å². The van der Waals surface area contributed by atoms with Gasteiger partial charge in [0.2, 0.25) is 0 Å². The molecule has 0 saturated heterocycles. The molecular weight excluding hydrogens is 294 g/mol. The van der Waals surface area contributed by atoms with Gasteiger partial charge in [0.15, 0.2) is 0 Å². The van der Waals surface area contributed by atoms with E-state index in [1.165, 1.54) is 0 Å². The van der Waals surface area contributed by atoms with Gasteiger partial charge in [-0.1, -0.05) is 20.8 Å². The first kappa shape index (κ1) is 15.7. The summed E-state index contributed by atoms with van der Waals surface area (Å²) in [5.41, 5.74) is 0.974. The fourth-order valence-electron chi connectivity index (χ4n) is 1.85. The maximum atomic E-state index is 10.4. The van der Waals surface area contributed by atoms with Gasteiger partial charge < -0.3 is 10.0 Å². The molecule has 0 radical (unpaired) electrons. The molecule has 1 aromatic heterocycles. The Bertz CT molecular complexity index is 382. The number of aliphatic hydroxyl groups is 1. The van der Waals surface area contributed by atoms with Crippen LogP contribution in [0, 0.1) is 5.41 Å². The zero-order valence-corrected chi connectivity index (χ0v) is 13.5. The average molecular weight is 318 g/mol. The highest BCUT2D eigenvalue weighted by Crippen LogP contribution is 2.32. The van der Waals surface area contributed by atoms with E-state index in [0.29, 0.717) is 0 Å². The van der Waals surface area contributed by atoms with Crippen molar-refractivity contribution in [2.45, 2.75) is 39.8 Å². The monoisotopic (exact) mass is 317 g/mol. The van der Waals surface area contributed by atoms with E-state index < -0.39 is 6.10 Å². The van der Waals surface area contributed by atoms with Crippen LogP contribution in [0.3, 0.4) is 0 Å². The Morgan fingerprint density at radius 3 is 2.56 bits per heavy atom. The van der Waals surface area contributed by atoms with Crippen LogP contribution in [0.2, 0.25) is 0 Å². The molecule has 5 heteroatoms. The number of aliphatic hydroxyl groups excluding tert-OH is 1. The lowest BCUT2D eigenvalue weighted by molar-refractivity contribution is 0.112. The topological polar surface area (TPSA) is 41.3 Å². The number of hydrogen-bond donors (Lipinski definition) is 1. The summed E-state index contributed by atoms with van der Waals surface area (Å²) in [6, 6.07) is 0. The van der Waals surface area contributed by atoms with Crippen LogP contribution in [0.15, 0.2) is 10.7 Å². The number of aromatic nitrogens is 2. The molecule has 0 aliphatic rings. The minimum absolute atomic E-state index is 0.0928. The molecular formula is C13H24BrN3O. The molecule has 1 heterocycles. The average Bonchev–Trinajstić information content (AvgIpc) is 2.53. The normalized spacial score (nSPS) is 14.2. The van der Waals surface area contributed by atoms with Gasteiger partial charge in [0, 0.05) is 6.54 Å². The third kappa shape index (κ3) is 4.71. The second-order valence-electron chi connectivity index (χ2n) is 6.18. The zero-order valence-electron chi connectivity index (χ0n) is 11.9. The molecule has 1 atom stereocenters. The third-order valence-electron chi connectivity index (χ3n) is 2.71. The van der Waals surface area contributed by atoms with Crippen molar-refractivity contribution < 1.29 is 5.11 Å². The van der Waals surface area contributed by atoms with Crippen LogP contribution in [0.5, 0.6) is 0 Å². The van der Waals surface area contributed by atoms with Crippen molar-refractivity contribution in [3.05, 3.63) is 16.4 Å². The van der Waals surface area contributed by atoms with Gasteiger partial charge in [0.05, 0.1) is 29.0 Å². The van der Waals surface area contributed by atoms with Crippen LogP contribution in [0.25, 0.3) is 0 Å². The van der Waals surface area contributed by atoms with E-state index in [1.807, 2.05) is 18.8 Å². The summed E-state index contributed by atoms with van der Waals surface area (Å²) in [6.45, 7) is 8.08. The van der Waals surface area contributed by atoms with Gasteiger partial charge >= 0.3 is 0 Å². The smallest absolute Gasteiger partial charge is 0.0973 e. The van der Waals surface area contributed by atoms with Crippen LogP contribution in [0.1, 0.15) is 39.0 Å². The molecule has 0 aliphatic heterocycles. The summed E-state index contributed by atoms with van der Waals surface area (Å²) in [5.74, 6) is 0. The van der Waals surface area contributed by atoms with Crippen LogP contribution in [-0.2, 0) is 6.54 Å². The summed E-state index contributed by atoms with van der Waals surface area (Å²) in [4.78, 5) is 2.11. The van der Waals surface area contributed by atoms with Crippen LogP contribution in [0.4, 0.5) is 0 Å². The highest BCUT2D eigenvalue weighted by molar-refractivity contribution is 9.10. The number of nitrogens with zero attached hydrogens (tertiary/aromatic N) is 3. The van der Waals surface area contributed by atoms with Crippen LogP contribution < -0.4 is 0 Å². The highest BCUT2D eigenvalue weighted by Gasteiger charge is 2.23. The number of halogens is 1. The van der Waals surface area contributed by atoms with Crippen LogP contribution >= 0.6 is 15.9 Å².